The van der Waals surface area contributed by atoms with Crippen molar-refractivity contribution < 1.29 is 27.3 Å². The molecule has 1 aliphatic rings. The van der Waals surface area contributed by atoms with Crippen LogP contribution in [0.4, 0.5) is 4.79 Å². The first-order chi connectivity index (χ1) is 10.3. The Morgan fingerprint density at radius 2 is 1.96 bits per heavy atom. The zero-order valence-electron chi connectivity index (χ0n) is 11.2. The number of halogens is 1. The summed E-state index contributed by atoms with van der Waals surface area (Å²) in [6.07, 6.45) is -0.827. The molecule has 11 heteroatoms. The van der Waals surface area contributed by atoms with E-state index in [1.807, 2.05) is 28.7 Å². The third kappa shape index (κ3) is 5.03. The van der Waals surface area contributed by atoms with Crippen molar-refractivity contribution in [2.75, 3.05) is 4.43 Å². The molecule has 2 rings (SSSR count). The van der Waals surface area contributed by atoms with Crippen molar-refractivity contribution in [2.45, 2.75) is 18.7 Å². The summed E-state index contributed by atoms with van der Waals surface area (Å²) in [5, 5.41) is 2.31. The zero-order valence-corrected chi connectivity index (χ0v) is 14.2. The number of amides is 2. The summed E-state index contributed by atoms with van der Waals surface area (Å²) in [7, 11) is -4.61. The van der Waals surface area contributed by atoms with Gasteiger partial charge in [0.05, 0.1) is 6.04 Å². The Bertz CT molecular complexity index is 671. The van der Waals surface area contributed by atoms with Crippen LogP contribution in [0.15, 0.2) is 30.3 Å². The Labute approximate surface area is 169 Å². The standard InChI is InChI=1S/C12H13IN2O6S.Na.H/c13-6-9-10(11(16)15(9)22(18,19)20)14-12(17)21-7-8-4-2-1-3-5-8;;/h1-5,9-10H,6-7H2,(H,14,17)(H,18,19,20);;. The van der Waals surface area contributed by atoms with E-state index in [0.717, 1.165) is 5.56 Å². The number of β-lactam (4-membered cyclic amide) rings is 1. The number of carbonyl (C=O) groups excluding carboxylic acids is 2. The molecule has 1 saturated heterocycles. The molecular weight excluding hydrogens is 450 g/mol. The number of nitrogens with zero attached hydrogens (tertiary/aromatic N) is 1. The molecule has 1 aromatic carbocycles. The van der Waals surface area contributed by atoms with E-state index in [1.54, 1.807) is 24.3 Å². The second kappa shape index (κ2) is 8.62. The van der Waals surface area contributed by atoms with Gasteiger partial charge < -0.3 is 10.1 Å². The minimum absolute atomic E-state index is 0. The van der Waals surface area contributed by atoms with Crippen molar-refractivity contribution in [3.8, 4) is 0 Å². The van der Waals surface area contributed by atoms with E-state index in [2.05, 4.69) is 5.32 Å². The summed E-state index contributed by atoms with van der Waals surface area (Å²) in [5.41, 5.74) is 0.780. The van der Waals surface area contributed by atoms with Crippen LogP contribution in [0.5, 0.6) is 0 Å². The SMILES string of the molecule is O=C(NC1C(=O)N(S(=O)(=O)O)C1CI)OCc1ccccc1.[NaH]. The van der Waals surface area contributed by atoms with Crippen molar-refractivity contribution in [1.82, 2.24) is 9.62 Å². The summed E-state index contributed by atoms with van der Waals surface area (Å²) < 4.78 is 36.6. The van der Waals surface area contributed by atoms with Gasteiger partial charge in [-0.1, -0.05) is 52.9 Å². The molecule has 2 atom stereocenters. The van der Waals surface area contributed by atoms with E-state index >= 15 is 0 Å². The van der Waals surface area contributed by atoms with Crippen LogP contribution < -0.4 is 5.32 Å². The molecule has 2 N–H and O–H groups in total. The van der Waals surface area contributed by atoms with Gasteiger partial charge in [0.2, 0.25) is 0 Å². The molecule has 1 aromatic rings. The van der Waals surface area contributed by atoms with Crippen LogP contribution in [0.3, 0.4) is 0 Å². The van der Waals surface area contributed by atoms with Crippen LogP contribution in [0.25, 0.3) is 0 Å². The number of nitrogens with one attached hydrogen (secondary N) is 1. The van der Waals surface area contributed by atoms with Gasteiger partial charge in [-0.25, -0.2) is 9.10 Å². The van der Waals surface area contributed by atoms with Crippen LogP contribution in [0, 0.1) is 0 Å². The van der Waals surface area contributed by atoms with Crippen molar-refractivity contribution in [3.63, 3.8) is 0 Å². The Kier molecular flexibility index (Phi) is 7.74. The van der Waals surface area contributed by atoms with Crippen LogP contribution in [0.2, 0.25) is 0 Å². The van der Waals surface area contributed by atoms with E-state index < -0.39 is 34.4 Å². The molecule has 0 aliphatic carbocycles. The molecule has 8 nitrogen and oxygen atoms in total. The molecule has 0 saturated carbocycles. The van der Waals surface area contributed by atoms with Gasteiger partial charge in [-0.15, -0.1) is 0 Å². The van der Waals surface area contributed by atoms with E-state index in [9.17, 15) is 18.0 Å². The number of alkyl halides is 1. The molecule has 1 aliphatic heterocycles. The molecule has 1 heterocycles. The summed E-state index contributed by atoms with van der Waals surface area (Å²) in [6, 6.07) is 7.11. The van der Waals surface area contributed by atoms with Gasteiger partial charge in [-0.2, -0.15) is 8.42 Å². The van der Waals surface area contributed by atoms with Crippen molar-refractivity contribution in [1.29, 1.82) is 0 Å². The van der Waals surface area contributed by atoms with E-state index in [4.69, 9.17) is 9.29 Å². The average molecular weight is 464 g/mol. The fourth-order valence-corrected chi connectivity index (χ4v) is 4.05. The molecule has 1 fully saturated rings. The summed E-state index contributed by atoms with van der Waals surface area (Å²) in [4.78, 5) is 23.4. The van der Waals surface area contributed by atoms with Crippen LogP contribution in [-0.2, 0) is 26.4 Å². The number of benzene rings is 1. The van der Waals surface area contributed by atoms with Crippen LogP contribution >= 0.6 is 22.6 Å². The average Bonchev–Trinajstić information content (AvgIpc) is 2.47. The van der Waals surface area contributed by atoms with Gasteiger partial charge in [0, 0.05) is 4.43 Å². The zero-order chi connectivity index (χ0) is 16.3. The maximum atomic E-state index is 11.7. The van der Waals surface area contributed by atoms with Gasteiger partial charge in [0.1, 0.15) is 12.6 Å². The Hall–Kier alpha value is -0.400. The number of hydrogen-bond acceptors (Lipinski definition) is 5. The normalized spacial score (nSPS) is 20.3. The molecule has 0 radical (unpaired) electrons. The summed E-state index contributed by atoms with van der Waals surface area (Å²) >= 11 is 1.86. The first-order valence-electron chi connectivity index (χ1n) is 6.18. The van der Waals surface area contributed by atoms with E-state index in [0.29, 0.717) is 4.31 Å². The second-order valence-electron chi connectivity index (χ2n) is 4.52. The van der Waals surface area contributed by atoms with E-state index in [-0.39, 0.29) is 40.6 Å². The topological polar surface area (TPSA) is 113 Å². The van der Waals surface area contributed by atoms with Gasteiger partial charge in [-0.05, 0) is 5.56 Å². The van der Waals surface area contributed by atoms with Crippen LogP contribution in [-0.4, -0.2) is 75.3 Å². The fourth-order valence-electron chi connectivity index (χ4n) is 2.00. The van der Waals surface area contributed by atoms with Gasteiger partial charge in [0.15, 0.2) is 0 Å². The monoisotopic (exact) mass is 464 g/mol. The van der Waals surface area contributed by atoms with Crippen LogP contribution in [0.1, 0.15) is 5.56 Å². The number of carbonyl (C=O) groups is 2. The quantitative estimate of drug-likeness (QED) is 0.210. The molecule has 0 bridgehead atoms. The first-order valence-corrected chi connectivity index (χ1v) is 9.10. The van der Waals surface area contributed by atoms with E-state index in [1.165, 1.54) is 0 Å². The number of rotatable bonds is 5. The van der Waals surface area contributed by atoms with Gasteiger partial charge in [0.25, 0.3) is 5.91 Å². The molecule has 0 aromatic heterocycles. The van der Waals surface area contributed by atoms with Gasteiger partial charge >= 0.3 is 46.0 Å². The minimum atomic E-state index is -4.61. The maximum absolute atomic E-state index is 11.7. The van der Waals surface area contributed by atoms with Crippen molar-refractivity contribution >= 4 is 74.5 Å². The summed E-state index contributed by atoms with van der Waals surface area (Å²) in [6.45, 7) is 0.0322. The summed E-state index contributed by atoms with van der Waals surface area (Å²) in [5.74, 6) is -0.888. The molecule has 0 spiro atoms. The van der Waals surface area contributed by atoms with Crippen molar-refractivity contribution in [2.24, 2.45) is 0 Å². The Balaban J connectivity index is 0.00000264. The Morgan fingerprint density at radius 1 is 1.35 bits per heavy atom. The molecule has 122 valence electrons. The number of alkyl carbamates (subject to hydrolysis) is 1. The number of ether oxygens (including phenoxy) is 1. The second-order valence-corrected chi connectivity index (χ2v) is 6.69. The number of hydrogen-bond donors (Lipinski definition) is 2. The van der Waals surface area contributed by atoms with Gasteiger partial charge in [-0.3, -0.25) is 9.35 Å². The molecule has 2 amide bonds. The predicted octanol–water partition coefficient (Wildman–Crippen LogP) is 0.0815. The molecule has 2 unspecified atom stereocenters. The molecular formula is C12H14IN2NaO6S. The Morgan fingerprint density at radius 3 is 2.48 bits per heavy atom. The third-order valence-corrected chi connectivity index (χ3v) is 4.91. The fraction of sp³-hybridized carbons (Fsp3) is 0.333. The predicted molar refractivity (Wildman–Crippen MR) is 91.8 cm³/mol. The third-order valence-electron chi connectivity index (χ3n) is 3.06. The van der Waals surface area contributed by atoms with Crippen molar-refractivity contribution in [3.05, 3.63) is 35.9 Å². The first kappa shape index (κ1) is 20.6. The molecule has 23 heavy (non-hydrogen) atoms.